The van der Waals surface area contributed by atoms with E-state index < -0.39 is 12.1 Å². The predicted molar refractivity (Wildman–Crippen MR) is 99.7 cm³/mol. The zero-order chi connectivity index (χ0) is 18.0. The van der Waals surface area contributed by atoms with Crippen LogP contribution in [-0.4, -0.2) is 18.9 Å². The molecule has 0 aliphatic carbocycles. The van der Waals surface area contributed by atoms with Crippen molar-refractivity contribution in [2.24, 2.45) is 5.73 Å². The first-order valence-corrected chi connectivity index (χ1v) is 8.55. The number of fused-ring (bicyclic) bond motifs is 1. The molecule has 25 heavy (non-hydrogen) atoms. The Bertz CT molecular complexity index is 937. The topological polar surface area (TPSA) is 85.4 Å². The second kappa shape index (κ2) is 7.13. The average molecular weight is 375 g/mol. The summed E-state index contributed by atoms with van der Waals surface area (Å²) >= 11 is 7.30. The Hall–Kier alpha value is -2.57. The van der Waals surface area contributed by atoms with Crippen LogP contribution >= 0.6 is 22.9 Å². The number of ether oxygens (including phenoxy) is 2. The minimum absolute atomic E-state index is 0.0252. The number of carbonyl (C=O) groups is 1. The highest BCUT2D eigenvalue weighted by molar-refractivity contribution is 7.20. The molecule has 7 heteroatoms. The lowest BCUT2D eigenvalue weighted by atomic mass is 10.1. The lowest BCUT2D eigenvalue weighted by Gasteiger charge is -2.17. The molecule has 0 aliphatic rings. The van der Waals surface area contributed by atoms with Gasteiger partial charge in [0.25, 0.3) is 0 Å². The van der Waals surface area contributed by atoms with E-state index in [1.165, 1.54) is 18.4 Å². The number of rotatable bonds is 5. The van der Waals surface area contributed by atoms with E-state index in [1.54, 1.807) is 30.3 Å². The molecule has 2 aromatic carbocycles. The van der Waals surface area contributed by atoms with Gasteiger partial charge in [0.15, 0.2) is 0 Å². The number of nitrogen functional groups attached to an aromatic ring is 1. The SMILES string of the molecule is COC(=O)C(Oc1ccc2cc(C(=N)N)sc2c1)c1ccc(Cl)cc1. The second-order valence-corrected chi connectivity index (χ2v) is 6.82. The number of esters is 1. The molecule has 0 aliphatic heterocycles. The molecule has 3 rings (SSSR count). The van der Waals surface area contributed by atoms with Crippen LogP contribution in [0.3, 0.4) is 0 Å². The summed E-state index contributed by atoms with van der Waals surface area (Å²) in [6.07, 6.45) is -0.896. The van der Waals surface area contributed by atoms with Gasteiger partial charge in [-0.15, -0.1) is 11.3 Å². The number of benzene rings is 2. The first kappa shape index (κ1) is 17.3. The average Bonchev–Trinajstić information content (AvgIpc) is 3.03. The Kier molecular flexibility index (Phi) is 4.92. The van der Waals surface area contributed by atoms with Crippen molar-refractivity contribution < 1.29 is 14.3 Å². The quantitative estimate of drug-likeness (QED) is 0.399. The summed E-state index contributed by atoms with van der Waals surface area (Å²) in [5.74, 6) is 0.0464. The molecule has 1 aromatic heterocycles. The molecule has 0 saturated carbocycles. The second-order valence-electron chi connectivity index (χ2n) is 5.30. The molecule has 0 radical (unpaired) electrons. The van der Waals surface area contributed by atoms with Crippen LogP contribution in [0.4, 0.5) is 0 Å². The lowest BCUT2D eigenvalue weighted by molar-refractivity contribution is -0.149. The Morgan fingerprint density at radius 1 is 1.20 bits per heavy atom. The Labute approximate surface area is 153 Å². The third-order valence-corrected chi connectivity index (χ3v) is 4.98. The van der Waals surface area contributed by atoms with Crippen LogP contribution < -0.4 is 10.5 Å². The van der Waals surface area contributed by atoms with Gasteiger partial charge in [0, 0.05) is 15.3 Å². The highest BCUT2D eigenvalue weighted by atomic mass is 35.5. The van der Waals surface area contributed by atoms with Gasteiger partial charge in [0.1, 0.15) is 11.6 Å². The molecule has 0 spiro atoms. The fourth-order valence-corrected chi connectivity index (χ4v) is 3.43. The zero-order valence-corrected chi connectivity index (χ0v) is 14.9. The molecular formula is C18H15ClN2O3S. The van der Waals surface area contributed by atoms with Crippen molar-refractivity contribution in [1.82, 2.24) is 0 Å². The molecule has 5 nitrogen and oxygen atoms in total. The van der Waals surface area contributed by atoms with E-state index in [9.17, 15) is 4.79 Å². The van der Waals surface area contributed by atoms with Crippen molar-refractivity contribution in [2.75, 3.05) is 7.11 Å². The van der Waals surface area contributed by atoms with Crippen molar-refractivity contribution >= 4 is 44.8 Å². The number of carbonyl (C=O) groups excluding carboxylic acids is 1. The molecule has 0 amide bonds. The maximum atomic E-state index is 12.1. The molecular weight excluding hydrogens is 360 g/mol. The Morgan fingerprint density at radius 2 is 1.92 bits per heavy atom. The third-order valence-electron chi connectivity index (χ3n) is 3.60. The molecule has 1 atom stereocenters. The van der Waals surface area contributed by atoms with Gasteiger partial charge in [-0.05, 0) is 41.8 Å². The molecule has 0 saturated heterocycles. The standard InChI is InChI=1S/C18H15ClN2O3S/c1-23-18(22)16(10-2-5-12(19)6-3-10)24-13-7-4-11-8-15(17(20)21)25-14(11)9-13/h2-9,16H,1H3,(H3,20,21). The monoisotopic (exact) mass is 374 g/mol. The van der Waals surface area contributed by atoms with E-state index in [4.69, 9.17) is 32.2 Å². The molecule has 3 N–H and O–H groups in total. The molecule has 0 fully saturated rings. The third kappa shape index (κ3) is 3.75. The van der Waals surface area contributed by atoms with Gasteiger partial charge >= 0.3 is 5.97 Å². The number of hydrogen-bond donors (Lipinski definition) is 2. The van der Waals surface area contributed by atoms with E-state index in [-0.39, 0.29) is 5.84 Å². The summed E-state index contributed by atoms with van der Waals surface area (Å²) in [6, 6.07) is 14.1. The van der Waals surface area contributed by atoms with Gasteiger partial charge in [0.05, 0.1) is 12.0 Å². The van der Waals surface area contributed by atoms with Crippen LogP contribution in [0, 0.1) is 5.41 Å². The van der Waals surface area contributed by atoms with Gasteiger partial charge in [-0.1, -0.05) is 23.7 Å². The van der Waals surface area contributed by atoms with Crippen molar-refractivity contribution in [1.29, 1.82) is 5.41 Å². The van der Waals surface area contributed by atoms with Crippen molar-refractivity contribution in [3.63, 3.8) is 0 Å². The summed E-state index contributed by atoms with van der Waals surface area (Å²) in [6.45, 7) is 0. The van der Waals surface area contributed by atoms with Crippen LogP contribution in [0.5, 0.6) is 5.75 Å². The molecule has 1 heterocycles. The molecule has 0 bridgehead atoms. The smallest absolute Gasteiger partial charge is 0.351 e. The molecule has 1 unspecified atom stereocenters. The van der Waals surface area contributed by atoms with E-state index >= 15 is 0 Å². The number of nitrogens with two attached hydrogens (primary N) is 1. The van der Waals surface area contributed by atoms with E-state index in [0.29, 0.717) is 21.2 Å². The number of thiophene rings is 1. The van der Waals surface area contributed by atoms with Crippen LogP contribution in [0.2, 0.25) is 5.02 Å². The first-order chi connectivity index (χ1) is 12.0. The zero-order valence-electron chi connectivity index (χ0n) is 13.3. The number of hydrogen-bond acceptors (Lipinski definition) is 5. The van der Waals surface area contributed by atoms with Crippen LogP contribution in [-0.2, 0) is 9.53 Å². The maximum Gasteiger partial charge on any atom is 0.351 e. The summed E-state index contributed by atoms with van der Waals surface area (Å²) in [7, 11) is 1.32. The Morgan fingerprint density at radius 3 is 2.56 bits per heavy atom. The van der Waals surface area contributed by atoms with Gasteiger partial charge in [-0.25, -0.2) is 4.79 Å². The molecule has 3 aromatic rings. The first-order valence-electron chi connectivity index (χ1n) is 7.36. The van der Waals surface area contributed by atoms with Gasteiger partial charge in [-0.2, -0.15) is 0 Å². The Balaban J connectivity index is 1.93. The van der Waals surface area contributed by atoms with Crippen LogP contribution in [0.1, 0.15) is 16.5 Å². The molecule has 128 valence electrons. The van der Waals surface area contributed by atoms with Crippen molar-refractivity contribution in [3.8, 4) is 5.75 Å². The van der Waals surface area contributed by atoms with Gasteiger partial charge in [-0.3, -0.25) is 5.41 Å². The summed E-state index contributed by atoms with van der Waals surface area (Å²) < 4.78 is 11.6. The number of amidine groups is 1. The van der Waals surface area contributed by atoms with E-state index in [2.05, 4.69) is 0 Å². The number of methoxy groups -OCH3 is 1. The highest BCUT2D eigenvalue weighted by Gasteiger charge is 2.24. The van der Waals surface area contributed by atoms with Crippen LogP contribution in [0.15, 0.2) is 48.5 Å². The maximum absolute atomic E-state index is 12.1. The lowest BCUT2D eigenvalue weighted by Crippen LogP contribution is -2.20. The fourth-order valence-electron chi connectivity index (χ4n) is 2.35. The number of nitrogens with one attached hydrogen (secondary N) is 1. The minimum atomic E-state index is -0.896. The summed E-state index contributed by atoms with van der Waals surface area (Å²) in [5.41, 5.74) is 6.18. The normalized spacial score (nSPS) is 11.9. The van der Waals surface area contributed by atoms with Gasteiger partial charge in [0.2, 0.25) is 6.10 Å². The minimum Gasteiger partial charge on any atom is -0.474 e. The predicted octanol–water partition coefficient (Wildman–Crippen LogP) is 4.13. The van der Waals surface area contributed by atoms with E-state index in [1.807, 2.05) is 18.2 Å². The van der Waals surface area contributed by atoms with E-state index in [0.717, 1.165) is 10.1 Å². The van der Waals surface area contributed by atoms with Crippen LogP contribution in [0.25, 0.3) is 10.1 Å². The van der Waals surface area contributed by atoms with Crippen molar-refractivity contribution in [2.45, 2.75) is 6.10 Å². The summed E-state index contributed by atoms with van der Waals surface area (Å²) in [4.78, 5) is 12.8. The number of halogens is 1. The highest BCUT2D eigenvalue weighted by Crippen LogP contribution is 2.31. The summed E-state index contributed by atoms with van der Waals surface area (Å²) in [5, 5.41) is 9.07. The fraction of sp³-hybridized carbons (Fsp3) is 0.111. The van der Waals surface area contributed by atoms with Gasteiger partial charge < -0.3 is 15.2 Å². The van der Waals surface area contributed by atoms with Crippen molar-refractivity contribution in [3.05, 3.63) is 64.0 Å². The largest absolute Gasteiger partial charge is 0.474 e.